The first-order valence-electron chi connectivity index (χ1n) is 8.59. The van der Waals surface area contributed by atoms with E-state index >= 15 is 0 Å². The summed E-state index contributed by atoms with van der Waals surface area (Å²) in [7, 11) is 3.38. The molecule has 0 unspecified atom stereocenters. The number of rotatable bonds is 3. The molecule has 0 N–H and O–H groups in total. The van der Waals surface area contributed by atoms with Crippen LogP contribution in [0.15, 0.2) is 41.6 Å². The average Bonchev–Trinajstić information content (AvgIpc) is 2.71. The van der Waals surface area contributed by atoms with E-state index in [9.17, 15) is 4.79 Å². The molecule has 3 aromatic heterocycles. The van der Waals surface area contributed by atoms with Crippen LogP contribution in [-0.2, 0) is 11.8 Å². The minimum absolute atomic E-state index is 0.0407. The standard InChI is InChI=1S/C19H20N4O3/c1-23-18(22-15-11-20-6-4-14(15)19(23)24)13-5-8-26-16(9-13)12-3-7-21-17(10-12)25-2/h3-4,6-7,10-11,13,16H,5,8-9H2,1-2H3/t13-,16+/m1/s1. The number of hydrogen-bond donors (Lipinski definition) is 0. The Bertz CT molecular complexity index is 1000. The molecule has 134 valence electrons. The number of ether oxygens (including phenoxy) is 2. The molecule has 4 heterocycles. The molecule has 1 fully saturated rings. The molecule has 0 bridgehead atoms. The topological polar surface area (TPSA) is 79.1 Å². The molecule has 0 spiro atoms. The molecule has 1 aliphatic heterocycles. The zero-order chi connectivity index (χ0) is 18.1. The van der Waals surface area contributed by atoms with Crippen molar-refractivity contribution >= 4 is 10.9 Å². The Balaban J connectivity index is 1.69. The summed E-state index contributed by atoms with van der Waals surface area (Å²) in [6, 6.07) is 5.54. The Kier molecular flexibility index (Phi) is 4.38. The summed E-state index contributed by atoms with van der Waals surface area (Å²) >= 11 is 0. The van der Waals surface area contributed by atoms with Gasteiger partial charge in [0.2, 0.25) is 5.88 Å². The van der Waals surface area contributed by atoms with Gasteiger partial charge in [-0.25, -0.2) is 9.97 Å². The van der Waals surface area contributed by atoms with Crippen molar-refractivity contribution in [2.45, 2.75) is 24.9 Å². The van der Waals surface area contributed by atoms with E-state index in [4.69, 9.17) is 14.5 Å². The van der Waals surface area contributed by atoms with Gasteiger partial charge in [-0.15, -0.1) is 0 Å². The van der Waals surface area contributed by atoms with Crippen molar-refractivity contribution in [3.05, 3.63) is 58.5 Å². The van der Waals surface area contributed by atoms with Gasteiger partial charge < -0.3 is 9.47 Å². The number of hydrogen-bond acceptors (Lipinski definition) is 6. The number of aromatic nitrogens is 4. The summed E-state index contributed by atoms with van der Waals surface area (Å²) in [5, 5.41) is 0.591. The Hall–Kier alpha value is -2.80. The van der Waals surface area contributed by atoms with Gasteiger partial charge in [0.25, 0.3) is 5.56 Å². The van der Waals surface area contributed by atoms with Gasteiger partial charge >= 0.3 is 0 Å². The maximum atomic E-state index is 12.7. The fraction of sp³-hybridized carbons (Fsp3) is 0.368. The minimum atomic E-state index is -0.0767. The van der Waals surface area contributed by atoms with Gasteiger partial charge in [0.15, 0.2) is 0 Å². The third kappa shape index (κ3) is 2.94. The smallest absolute Gasteiger partial charge is 0.261 e. The molecule has 0 amide bonds. The number of fused-ring (bicyclic) bond motifs is 1. The van der Waals surface area contributed by atoms with Crippen LogP contribution in [0.2, 0.25) is 0 Å². The van der Waals surface area contributed by atoms with E-state index in [0.29, 0.717) is 23.4 Å². The number of methoxy groups -OCH3 is 1. The van der Waals surface area contributed by atoms with Gasteiger partial charge in [-0.3, -0.25) is 14.3 Å². The summed E-state index contributed by atoms with van der Waals surface area (Å²) in [5.74, 6) is 1.48. The molecule has 0 aliphatic carbocycles. The van der Waals surface area contributed by atoms with Crippen LogP contribution >= 0.6 is 0 Å². The lowest BCUT2D eigenvalue weighted by Gasteiger charge is -2.30. The first-order valence-corrected chi connectivity index (χ1v) is 8.59. The van der Waals surface area contributed by atoms with Crippen LogP contribution in [0.5, 0.6) is 5.88 Å². The number of pyridine rings is 2. The molecule has 0 radical (unpaired) electrons. The maximum Gasteiger partial charge on any atom is 0.261 e. The lowest BCUT2D eigenvalue weighted by Crippen LogP contribution is -2.28. The van der Waals surface area contributed by atoms with Crippen LogP contribution in [0, 0.1) is 0 Å². The van der Waals surface area contributed by atoms with E-state index < -0.39 is 0 Å². The van der Waals surface area contributed by atoms with Crippen molar-refractivity contribution in [3.63, 3.8) is 0 Å². The van der Waals surface area contributed by atoms with Gasteiger partial charge in [0.1, 0.15) is 5.82 Å². The lowest BCUT2D eigenvalue weighted by atomic mass is 9.91. The molecule has 4 rings (SSSR count). The third-order valence-corrected chi connectivity index (χ3v) is 4.90. The predicted molar refractivity (Wildman–Crippen MR) is 96.2 cm³/mol. The molecule has 0 saturated carbocycles. The van der Waals surface area contributed by atoms with Crippen molar-refractivity contribution < 1.29 is 9.47 Å². The summed E-state index contributed by atoms with van der Waals surface area (Å²) < 4.78 is 12.8. The quantitative estimate of drug-likeness (QED) is 0.720. The van der Waals surface area contributed by atoms with Crippen LogP contribution < -0.4 is 10.3 Å². The van der Waals surface area contributed by atoms with Gasteiger partial charge in [-0.1, -0.05) is 0 Å². The fourth-order valence-corrected chi connectivity index (χ4v) is 3.50. The van der Waals surface area contributed by atoms with E-state index in [-0.39, 0.29) is 17.6 Å². The molecular formula is C19H20N4O3. The van der Waals surface area contributed by atoms with E-state index in [1.807, 2.05) is 12.1 Å². The Morgan fingerprint density at radius 3 is 3.04 bits per heavy atom. The molecule has 2 atom stereocenters. The average molecular weight is 352 g/mol. The van der Waals surface area contributed by atoms with E-state index in [1.165, 1.54) is 0 Å². The second kappa shape index (κ2) is 6.84. The Labute approximate surface area is 150 Å². The van der Waals surface area contributed by atoms with Crippen LogP contribution in [0.25, 0.3) is 10.9 Å². The lowest BCUT2D eigenvalue weighted by molar-refractivity contribution is 0.00326. The largest absolute Gasteiger partial charge is 0.481 e. The minimum Gasteiger partial charge on any atom is -0.481 e. The van der Waals surface area contributed by atoms with E-state index in [1.54, 1.807) is 43.4 Å². The van der Waals surface area contributed by atoms with Gasteiger partial charge in [-0.2, -0.15) is 0 Å². The highest BCUT2D eigenvalue weighted by atomic mass is 16.5. The van der Waals surface area contributed by atoms with Crippen molar-refractivity contribution in [2.75, 3.05) is 13.7 Å². The molecule has 0 aromatic carbocycles. The van der Waals surface area contributed by atoms with Crippen LogP contribution in [-0.4, -0.2) is 33.2 Å². The summed E-state index contributed by atoms with van der Waals surface area (Å²) in [5.41, 5.74) is 1.62. The SMILES string of the molecule is COc1cc([C@@H]2C[C@H](c3nc4cnccc4c(=O)n3C)CCO2)ccn1. The highest BCUT2D eigenvalue weighted by Gasteiger charge is 2.28. The zero-order valence-corrected chi connectivity index (χ0v) is 14.8. The first kappa shape index (κ1) is 16.7. The number of nitrogens with zero attached hydrogens (tertiary/aromatic N) is 4. The third-order valence-electron chi connectivity index (χ3n) is 4.90. The molecule has 26 heavy (non-hydrogen) atoms. The van der Waals surface area contributed by atoms with Crippen LogP contribution in [0.4, 0.5) is 0 Å². The second-order valence-corrected chi connectivity index (χ2v) is 6.44. The molecular weight excluding hydrogens is 332 g/mol. The fourth-order valence-electron chi connectivity index (χ4n) is 3.50. The normalized spacial score (nSPS) is 20.2. The molecule has 7 heteroatoms. The van der Waals surface area contributed by atoms with Crippen molar-refractivity contribution in [2.24, 2.45) is 7.05 Å². The second-order valence-electron chi connectivity index (χ2n) is 6.44. The van der Waals surface area contributed by atoms with Crippen LogP contribution in [0.1, 0.15) is 36.3 Å². The Morgan fingerprint density at radius 2 is 2.19 bits per heavy atom. The highest BCUT2D eigenvalue weighted by Crippen LogP contribution is 2.37. The Morgan fingerprint density at radius 1 is 1.31 bits per heavy atom. The zero-order valence-electron chi connectivity index (χ0n) is 14.8. The monoisotopic (exact) mass is 352 g/mol. The van der Waals surface area contributed by atoms with E-state index in [0.717, 1.165) is 24.2 Å². The van der Waals surface area contributed by atoms with E-state index in [2.05, 4.69) is 9.97 Å². The first-order chi connectivity index (χ1) is 12.7. The maximum absolute atomic E-state index is 12.7. The molecule has 3 aromatic rings. The molecule has 7 nitrogen and oxygen atoms in total. The predicted octanol–water partition coefficient (Wildman–Crippen LogP) is 2.37. The van der Waals surface area contributed by atoms with Crippen molar-refractivity contribution in [3.8, 4) is 5.88 Å². The summed E-state index contributed by atoms with van der Waals surface area (Å²) in [4.78, 5) is 25.6. The van der Waals surface area contributed by atoms with Crippen LogP contribution in [0.3, 0.4) is 0 Å². The van der Waals surface area contributed by atoms with Crippen molar-refractivity contribution in [1.29, 1.82) is 0 Å². The summed E-state index contributed by atoms with van der Waals surface area (Å²) in [6.07, 6.45) is 6.48. The molecule has 1 saturated heterocycles. The van der Waals surface area contributed by atoms with Gasteiger partial charge in [-0.05, 0) is 30.5 Å². The van der Waals surface area contributed by atoms with Gasteiger partial charge in [0, 0.05) is 38.0 Å². The molecule has 1 aliphatic rings. The summed E-state index contributed by atoms with van der Waals surface area (Å²) in [6.45, 7) is 0.612. The van der Waals surface area contributed by atoms with Crippen molar-refractivity contribution in [1.82, 2.24) is 19.5 Å². The van der Waals surface area contributed by atoms with Gasteiger partial charge in [0.05, 0.1) is 30.3 Å². The highest BCUT2D eigenvalue weighted by molar-refractivity contribution is 5.76.